The van der Waals surface area contributed by atoms with Gasteiger partial charge in [0.1, 0.15) is 17.7 Å². The van der Waals surface area contributed by atoms with Crippen LogP contribution >= 0.6 is 0 Å². The molecule has 2 unspecified atom stereocenters. The Morgan fingerprint density at radius 3 is 2.94 bits per heavy atom. The molecule has 0 saturated heterocycles. The summed E-state index contributed by atoms with van der Waals surface area (Å²) in [6, 6.07) is 1.72. The lowest BCUT2D eigenvalue weighted by molar-refractivity contribution is 0.123. The normalized spacial score (nSPS) is 24.6. The van der Waals surface area contributed by atoms with Gasteiger partial charge in [0, 0.05) is 12.5 Å². The Morgan fingerprint density at radius 1 is 1.41 bits per heavy atom. The van der Waals surface area contributed by atoms with E-state index in [1.165, 1.54) is 12.8 Å². The minimum Gasteiger partial charge on any atom is -0.474 e. The van der Waals surface area contributed by atoms with Crippen LogP contribution in [0.1, 0.15) is 45.4 Å². The molecule has 1 aliphatic rings. The number of rotatable bonds is 3. The van der Waals surface area contributed by atoms with Crippen molar-refractivity contribution in [2.24, 2.45) is 5.92 Å². The molecule has 2 rings (SSSR count). The van der Waals surface area contributed by atoms with Crippen molar-refractivity contribution in [2.75, 3.05) is 5.73 Å². The summed E-state index contributed by atoms with van der Waals surface area (Å²) in [5.41, 5.74) is 5.74. The third-order valence-electron chi connectivity index (χ3n) is 3.26. The van der Waals surface area contributed by atoms with Crippen LogP contribution in [-0.4, -0.2) is 16.1 Å². The first-order valence-electron chi connectivity index (χ1n) is 6.47. The van der Waals surface area contributed by atoms with Crippen molar-refractivity contribution >= 4 is 5.82 Å². The molecule has 1 aliphatic carbocycles. The summed E-state index contributed by atoms with van der Waals surface area (Å²) in [6.07, 6.45) is 5.86. The SMILES string of the molecule is CCc1nc(N)cc(OC2CCCC(C)C2)n1. The first-order valence-corrected chi connectivity index (χ1v) is 6.47. The average molecular weight is 235 g/mol. The van der Waals surface area contributed by atoms with Crippen LogP contribution in [0.4, 0.5) is 5.82 Å². The summed E-state index contributed by atoms with van der Waals surface area (Å²) in [5, 5.41) is 0. The topological polar surface area (TPSA) is 61.0 Å². The lowest BCUT2D eigenvalue weighted by Crippen LogP contribution is -2.24. The number of ether oxygens (including phenoxy) is 1. The smallest absolute Gasteiger partial charge is 0.218 e. The molecule has 4 heteroatoms. The van der Waals surface area contributed by atoms with Crippen LogP contribution in [0.15, 0.2) is 6.07 Å². The number of nitrogen functional groups attached to an aromatic ring is 1. The first-order chi connectivity index (χ1) is 8.17. The first kappa shape index (κ1) is 12.1. The van der Waals surface area contributed by atoms with Crippen LogP contribution in [0, 0.1) is 5.92 Å². The minimum absolute atomic E-state index is 0.290. The van der Waals surface area contributed by atoms with Crippen molar-refractivity contribution < 1.29 is 4.74 Å². The van der Waals surface area contributed by atoms with Crippen molar-refractivity contribution in [3.63, 3.8) is 0 Å². The zero-order chi connectivity index (χ0) is 12.3. The van der Waals surface area contributed by atoms with Gasteiger partial charge in [-0.15, -0.1) is 0 Å². The maximum absolute atomic E-state index is 5.92. The number of hydrogen-bond acceptors (Lipinski definition) is 4. The summed E-state index contributed by atoms with van der Waals surface area (Å²) < 4.78 is 5.92. The van der Waals surface area contributed by atoms with Crippen molar-refractivity contribution in [1.82, 2.24) is 9.97 Å². The number of hydrogen-bond donors (Lipinski definition) is 1. The van der Waals surface area contributed by atoms with E-state index in [4.69, 9.17) is 10.5 Å². The highest BCUT2D eigenvalue weighted by Crippen LogP contribution is 2.27. The van der Waals surface area contributed by atoms with E-state index in [0.29, 0.717) is 11.7 Å². The molecule has 0 aromatic carbocycles. The molecule has 2 atom stereocenters. The molecule has 0 radical (unpaired) electrons. The maximum atomic E-state index is 5.92. The van der Waals surface area contributed by atoms with E-state index in [1.807, 2.05) is 6.92 Å². The Bertz CT molecular complexity index is 381. The van der Waals surface area contributed by atoms with Gasteiger partial charge in [0.15, 0.2) is 0 Å². The van der Waals surface area contributed by atoms with E-state index >= 15 is 0 Å². The third-order valence-corrected chi connectivity index (χ3v) is 3.26. The quantitative estimate of drug-likeness (QED) is 0.874. The van der Waals surface area contributed by atoms with E-state index in [9.17, 15) is 0 Å². The number of nitrogens with zero attached hydrogens (tertiary/aromatic N) is 2. The van der Waals surface area contributed by atoms with Crippen molar-refractivity contribution in [2.45, 2.75) is 52.1 Å². The fraction of sp³-hybridized carbons (Fsp3) is 0.692. The average Bonchev–Trinajstić information content (AvgIpc) is 2.28. The number of aryl methyl sites for hydroxylation is 1. The minimum atomic E-state index is 0.290. The Balaban J connectivity index is 2.04. The van der Waals surface area contributed by atoms with E-state index in [-0.39, 0.29) is 6.10 Å². The molecule has 0 bridgehead atoms. The highest BCUT2D eigenvalue weighted by atomic mass is 16.5. The van der Waals surface area contributed by atoms with Crippen LogP contribution < -0.4 is 10.5 Å². The van der Waals surface area contributed by atoms with Gasteiger partial charge >= 0.3 is 0 Å². The van der Waals surface area contributed by atoms with Gasteiger partial charge in [-0.3, -0.25) is 0 Å². The van der Waals surface area contributed by atoms with Crippen molar-refractivity contribution in [3.8, 4) is 5.88 Å². The molecular weight excluding hydrogens is 214 g/mol. The number of anilines is 1. The maximum Gasteiger partial charge on any atom is 0.218 e. The fourth-order valence-corrected chi connectivity index (χ4v) is 2.37. The summed E-state index contributed by atoms with van der Waals surface area (Å²) in [7, 11) is 0. The highest BCUT2D eigenvalue weighted by molar-refractivity contribution is 5.32. The molecular formula is C13H21N3O. The molecule has 1 saturated carbocycles. The molecule has 94 valence electrons. The monoisotopic (exact) mass is 235 g/mol. The van der Waals surface area contributed by atoms with E-state index < -0.39 is 0 Å². The Morgan fingerprint density at radius 2 is 2.24 bits per heavy atom. The molecule has 1 heterocycles. The summed E-state index contributed by atoms with van der Waals surface area (Å²) in [5.74, 6) is 2.63. The molecule has 1 aromatic heterocycles. The molecule has 0 aliphatic heterocycles. The standard InChI is InChI=1S/C13H21N3O/c1-3-12-15-11(14)8-13(16-12)17-10-6-4-5-9(2)7-10/h8-10H,3-7H2,1-2H3,(H2,14,15,16). The van der Waals surface area contributed by atoms with Gasteiger partial charge in [-0.25, -0.2) is 4.98 Å². The highest BCUT2D eigenvalue weighted by Gasteiger charge is 2.20. The lowest BCUT2D eigenvalue weighted by atomic mass is 9.89. The third kappa shape index (κ3) is 3.32. The summed E-state index contributed by atoms with van der Waals surface area (Å²) in [4.78, 5) is 8.50. The van der Waals surface area contributed by atoms with Crippen LogP contribution in [-0.2, 0) is 6.42 Å². The van der Waals surface area contributed by atoms with E-state index in [2.05, 4.69) is 16.9 Å². The van der Waals surface area contributed by atoms with Gasteiger partial charge in [0.05, 0.1) is 0 Å². The van der Waals surface area contributed by atoms with Gasteiger partial charge in [0.25, 0.3) is 0 Å². The second-order valence-corrected chi connectivity index (χ2v) is 4.91. The lowest BCUT2D eigenvalue weighted by Gasteiger charge is -2.27. The van der Waals surface area contributed by atoms with Gasteiger partial charge < -0.3 is 10.5 Å². The second kappa shape index (κ2) is 5.34. The number of nitrogens with two attached hydrogens (primary N) is 1. The Kier molecular flexibility index (Phi) is 3.82. The van der Waals surface area contributed by atoms with Crippen LogP contribution in [0.25, 0.3) is 0 Å². The largest absolute Gasteiger partial charge is 0.474 e. The molecule has 1 fully saturated rings. The van der Waals surface area contributed by atoms with Gasteiger partial charge in [-0.1, -0.05) is 20.3 Å². The van der Waals surface area contributed by atoms with Crippen LogP contribution in [0.5, 0.6) is 5.88 Å². The van der Waals surface area contributed by atoms with Gasteiger partial charge in [0.2, 0.25) is 5.88 Å². The molecule has 0 amide bonds. The summed E-state index contributed by atoms with van der Waals surface area (Å²) >= 11 is 0. The van der Waals surface area contributed by atoms with Crippen molar-refractivity contribution in [1.29, 1.82) is 0 Å². The fourth-order valence-electron chi connectivity index (χ4n) is 2.37. The molecule has 4 nitrogen and oxygen atoms in total. The molecule has 17 heavy (non-hydrogen) atoms. The Labute approximate surface area is 103 Å². The Hall–Kier alpha value is -1.32. The molecule has 0 spiro atoms. The van der Waals surface area contributed by atoms with Gasteiger partial charge in [-0.05, 0) is 25.2 Å². The second-order valence-electron chi connectivity index (χ2n) is 4.91. The zero-order valence-electron chi connectivity index (χ0n) is 10.6. The molecule has 2 N–H and O–H groups in total. The van der Waals surface area contributed by atoms with Gasteiger partial charge in [-0.2, -0.15) is 4.98 Å². The van der Waals surface area contributed by atoms with E-state index in [1.54, 1.807) is 6.07 Å². The zero-order valence-corrected chi connectivity index (χ0v) is 10.6. The predicted octanol–water partition coefficient (Wildman–Crippen LogP) is 2.58. The predicted molar refractivity (Wildman–Crippen MR) is 67.9 cm³/mol. The summed E-state index contributed by atoms with van der Waals surface area (Å²) in [6.45, 7) is 4.29. The molecule has 1 aromatic rings. The number of aromatic nitrogens is 2. The van der Waals surface area contributed by atoms with Crippen molar-refractivity contribution in [3.05, 3.63) is 11.9 Å². The van der Waals surface area contributed by atoms with E-state index in [0.717, 1.165) is 31.0 Å². The van der Waals surface area contributed by atoms with Crippen LogP contribution in [0.2, 0.25) is 0 Å². The van der Waals surface area contributed by atoms with Crippen LogP contribution in [0.3, 0.4) is 0 Å².